The second kappa shape index (κ2) is 6.40. The fourth-order valence-corrected chi connectivity index (χ4v) is 4.01. The molecular formula is C14H7NaO8S2. The molecule has 0 heterocycles. The van der Waals surface area contributed by atoms with E-state index in [1.807, 2.05) is 0 Å². The molecule has 0 fully saturated rings. The molecule has 2 aromatic carbocycles. The van der Waals surface area contributed by atoms with Crippen LogP contribution in [0.15, 0.2) is 46.2 Å². The van der Waals surface area contributed by atoms with E-state index in [9.17, 15) is 35.5 Å². The summed E-state index contributed by atoms with van der Waals surface area (Å²) in [6.45, 7) is 0. The Labute approximate surface area is 164 Å². The normalized spacial score (nSPS) is 13.7. The third kappa shape index (κ3) is 3.22. The topological polar surface area (TPSA) is 146 Å². The van der Waals surface area contributed by atoms with Gasteiger partial charge in [-0.15, -0.1) is 0 Å². The van der Waals surface area contributed by atoms with E-state index in [-0.39, 0.29) is 29.6 Å². The summed E-state index contributed by atoms with van der Waals surface area (Å²) in [5.74, 6) is -1.96. The summed E-state index contributed by atoms with van der Waals surface area (Å²) in [5.41, 5.74) is -1.98. The van der Waals surface area contributed by atoms with E-state index in [2.05, 4.69) is 0 Å². The van der Waals surface area contributed by atoms with Crippen LogP contribution in [0.3, 0.4) is 0 Å². The summed E-state index contributed by atoms with van der Waals surface area (Å²) in [6, 6.07) is 6.26. The molecule has 0 unspecified atom stereocenters. The molecule has 25 heavy (non-hydrogen) atoms. The molecule has 0 spiro atoms. The van der Waals surface area contributed by atoms with E-state index in [0.717, 1.165) is 36.4 Å². The SMILES string of the molecule is O=C1c2cccc(S(=O)(=O)O)c2C(=O)c2cccc(S(=O)(=O)[O-])c21.[Na+]. The van der Waals surface area contributed by atoms with Gasteiger partial charge in [-0.25, -0.2) is 8.42 Å². The summed E-state index contributed by atoms with van der Waals surface area (Å²) < 4.78 is 66.1. The first-order valence-electron chi connectivity index (χ1n) is 6.32. The van der Waals surface area contributed by atoms with Crippen LogP contribution in [-0.4, -0.2) is 37.5 Å². The van der Waals surface area contributed by atoms with Crippen LogP contribution in [-0.2, 0) is 20.2 Å². The Bertz CT molecular complexity index is 1040. The summed E-state index contributed by atoms with van der Waals surface area (Å²) in [7, 11) is -9.83. The van der Waals surface area contributed by atoms with Crippen molar-refractivity contribution < 1.29 is 65.1 Å². The Morgan fingerprint density at radius 3 is 1.56 bits per heavy atom. The Hall–Kier alpha value is -1.40. The van der Waals surface area contributed by atoms with Crippen molar-refractivity contribution in [1.29, 1.82) is 0 Å². The standard InChI is InChI=1S/C14H8O8S2.Na/c15-13-7-3-1-5-9(23(17,18)19)11(7)14(16)8-4-2-6-10(12(8)13)24(20,21)22;/h1-6H,(H,17,18,19)(H,20,21,22);/q;+1/p-1. The molecule has 0 aromatic heterocycles. The molecule has 0 amide bonds. The third-order valence-electron chi connectivity index (χ3n) is 3.54. The maximum absolute atomic E-state index is 12.6. The molecule has 1 N–H and O–H groups in total. The van der Waals surface area contributed by atoms with Gasteiger partial charge in [0.05, 0.1) is 16.0 Å². The molecule has 11 heteroatoms. The quantitative estimate of drug-likeness (QED) is 0.377. The van der Waals surface area contributed by atoms with Gasteiger partial charge in [-0.1, -0.05) is 24.3 Å². The van der Waals surface area contributed by atoms with Crippen molar-refractivity contribution in [2.24, 2.45) is 0 Å². The average molecular weight is 390 g/mol. The fraction of sp³-hybridized carbons (Fsp3) is 0. The Morgan fingerprint density at radius 2 is 1.16 bits per heavy atom. The van der Waals surface area contributed by atoms with Crippen molar-refractivity contribution in [3.8, 4) is 0 Å². The molecule has 0 saturated carbocycles. The van der Waals surface area contributed by atoms with Crippen LogP contribution >= 0.6 is 0 Å². The minimum Gasteiger partial charge on any atom is -0.744 e. The molecule has 0 atom stereocenters. The van der Waals surface area contributed by atoms with E-state index in [1.165, 1.54) is 0 Å². The monoisotopic (exact) mass is 390 g/mol. The van der Waals surface area contributed by atoms with E-state index >= 15 is 0 Å². The van der Waals surface area contributed by atoms with E-state index in [0.29, 0.717) is 0 Å². The zero-order valence-electron chi connectivity index (χ0n) is 12.6. The maximum atomic E-state index is 12.6. The van der Waals surface area contributed by atoms with Gasteiger partial charge < -0.3 is 4.55 Å². The fourth-order valence-electron chi connectivity index (χ4n) is 2.60. The molecule has 0 saturated heterocycles. The largest absolute Gasteiger partial charge is 1.00 e. The van der Waals surface area contributed by atoms with Crippen LogP contribution in [0.1, 0.15) is 31.8 Å². The maximum Gasteiger partial charge on any atom is 1.00 e. The first kappa shape index (κ1) is 19.9. The number of ketones is 2. The van der Waals surface area contributed by atoms with E-state index in [1.54, 1.807) is 0 Å². The second-order valence-electron chi connectivity index (χ2n) is 4.94. The predicted octanol–water partition coefficient (Wildman–Crippen LogP) is -2.38. The number of rotatable bonds is 2. The Kier molecular flexibility index (Phi) is 5.10. The molecule has 124 valence electrons. The van der Waals surface area contributed by atoms with Gasteiger partial charge in [0.2, 0.25) is 0 Å². The van der Waals surface area contributed by atoms with Gasteiger partial charge in [0.15, 0.2) is 11.6 Å². The number of hydrogen-bond donors (Lipinski definition) is 1. The predicted molar refractivity (Wildman–Crippen MR) is 77.5 cm³/mol. The Morgan fingerprint density at radius 1 is 0.760 bits per heavy atom. The van der Waals surface area contributed by atoms with Crippen molar-refractivity contribution in [3.05, 3.63) is 58.7 Å². The van der Waals surface area contributed by atoms with Crippen LogP contribution in [0.4, 0.5) is 0 Å². The van der Waals surface area contributed by atoms with Crippen LogP contribution in [0.2, 0.25) is 0 Å². The van der Waals surface area contributed by atoms with Crippen molar-refractivity contribution in [2.75, 3.05) is 0 Å². The molecule has 0 aliphatic heterocycles. The van der Waals surface area contributed by atoms with Gasteiger partial charge in [0.1, 0.15) is 15.0 Å². The second-order valence-corrected chi connectivity index (χ2v) is 7.68. The zero-order valence-corrected chi connectivity index (χ0v) is 16.2. The van der Waals surface area contributed by atoms with Crippen molar-refractivity contribution in [1.82, 2.24) is 0 Å². The number of carbonyl (C=O) groups is 2. The summed E-state index contributed by atoms with van der Waals surface area (Å²) in [6.07, 6.45) is 0. The number of hydrogen-bond acceptors (Lipinski definition) is 7. The minimum absolute atomic E-state index is 0. The summed E-state index contributed by atoms with van der Waals surface area (Å²) >= 11 is 0. The Balaban J connectivity index is 0.00000225. The zero-order chi connectivity index (χ0) is 17.9. The van der Waals surface area contributed by atoms with Gasteiger partial charge in [0, 0.05) is 11.1 Å². The van der Waals surface area contributed by atoms with Gasteiger partial charge in [-0.3, -0.25) is 14.1 Å². The molecule has 1 aliphatic rings. The van der Waals surface area contributed by atoms with Crippen LogP contribution in [0.25, 0.3) is 0 Å². The molecule has 3 rings (SSSR count). The smallest absolute Gasteiger partial charge is 0.744 e. The molecule has 8 nitrogen and oxygen atoms in total. The van der Waals surface area contributed by atoms with Crippen LogP contribution in [0.5, 0.6) is 0 Å². The van der Waals surface area contributed by atoms with Gasteiger partial charge >= 0.3 is 29.6 Å². The van der Waals surface area contributed by atoms with Gasteiger partial charge in [-0.05, 0) is 12.1 Å². The molecule has 0 radical (unpaired) electrons. The molecule has 0 bridgehead atoms. The van der Waals surface area contributed by atoms with Crippen LogP contribution in [0, 0.1) is 0 Å². The van der Waals surface area contributed by atoms with E-state index in [4.69, 9.17) is 0 Å². The molecule has 2 aromatic rings. The first-order chi connectivity index (χ1) is 11.0. The van der Waals surface area contributed by atoms with Crippen molar-refractivity contribution in [2.45, 2.75) is 9.79 Å². The van der Waals surface area contributed by atoms with Gasteiger partial charge in [0.25, 0.3) is 10.1 Å². The first-order valence-corrected chi connectivity index (χ1v) is 9.17. The van der Waals surface area contributed by atoms with Gasteiger partial charge in [-0.2, -0.15) is 8.42 Å². The molecular weight excluding hydrogens is 383 g/mol. The van der Waals surface area contributed by atoms with E-state index < -0.39 is 63.8 Å². The van der Waals surface area contributed by atoms with Crippen molar-refractivity contribution >= 4 is 31.8 Å². The third-order valence-corrected chi connectivity index (χ3v) is 5.32. The number of carbonyl (C=O) groups excluding carboxylic acids is 2. The van der Waals surface area contributed by atoms with Crippen LogP contribution < -0.4 is 29.6 Å². The summed E-state index contributed by atoms with van der Waals surface area (Å²) in [5, 5.41) is 0. The number of benzene rings is 2. The summed E-state index contributed by atoms with van der Waals surface area (Å²) in [4.78, 5) is 23.5. The minimum atomic E-state index is -5.03. The number of fused-ring (bicyclic) bond motifs is 2. The molecule has 1 aliphatic carbocycles. The average Bonchev–Trinajstić information content (AvgIpc) is 2.49. The van der Waals surface area contributed by atoms with Crippen molar-refractivity contribution in [3.63, 3.8) is 0 Å².